The molecule has 0 aromatic heterocycles. The van der Waals surface area contributed by atoms with Crippen molar-refractivity contribution >= 4 is 28.9 Å². The lowest BCUT2D eigenvalue weighted by atomic mass is 10.1. The molecule has 0 amide bonds. The molecule has 16 heavy (non-hydrogen) atoms. The van der Waals surface area contributed by atoms with E-state index in [2.05, 4.69) is 4.74 Å². The number of halogens is 4. The van der Waals surface area contributed by atoms with Crippen molar-refractivity contribution < 1.29 is 22.7 Å². The fraction of sp³-hybridized carbons (Fsp3) is 0.300. The minimum atomic E-state index is -4.71. The third-order valence-corrected chi connectivity index (χ3v) is 2.45. The van der Waals surface area contributed by atoms with Gasteiger partial charge in [-0.15, -0.1) is 13.2 Å². The van der Waals surface area contributed by atoms with Crippen LogP contribution in [0.2, 0.25) is 0 Å². The number of rotatable bonds is 4. The highest BCUT2D eigenvalue weighted by Crippen LogP contribution is 2.28. The van der Waals surface area contributed by atoms with E-state index in [0.29, 0.717) is 11.8 Å². The van der Waals surface area contributed by atoms with Gasteiger partial charge in [-0.25, -0.2) is 0 Å². The molecule has 1 aromatic rings. The fourth-order valence-corrected chi connectivity index (χ4v) is 1.74. The lowest BCUT2D eigenvalue weighted by molar-refractivity contribution is -0.274. The molecule has 0 atom stereocenters. The predicted molar refractivity (Wildman–Crippen MR) is 60.2 cm³/mol. The molecule has 0 saturated carbocycles. The van der Waals surface area contributed by atoms with Crippen LogP contribution in [0.1, 0.15) is 12.0 Å². The lowest BCUT2D eigenvalue weighted by Crippen LogP contribution is -2.18. The molecule has 0 heterocycles. The summed E-state index contributed by atoms with van der Waals surface area (Å²) < 4.78 is 40.8. The fourth-order valence-electron chi connectivity index (χ4n) is 1.18. The Bertz CT molecular complexity index is 377. The van der Waals surface area contributed by atoms with Crippen LogP contribution in [0.4, 0.5) is 13.2 Å². The Morgan fingerprint density at radius 2 is 2.06 bits per heavy atom. The van der Waals surface area contributed by atoms with Crippen molar-refractivity contribution in [3.8, 4) is 5.75 Å². The van der Waals surface area contributed by atoms with Crippen LogP contribution < -0.4 is 4.74 Å². The van der Waals surface area contributed by atoms with Crippen molar-refractivity contribution in [2.24, 2.45) is 0 Å². The first-order valence-corrected chi connectivity index (χ1v) is 5.48. The molecule has 0 aliphatic heterocycles. The molecule has 0 unspecified atom stereocenters. The molecule has 0 bridgehead atoms. The molecule has 2 nitrogen and oxygen atoms in total. The summed E-state index contributed by atoms with van der Waals surface area (Å²) in [6, 6.07) is 4.35. The largest absolute Gasteiger partial charge is 0.573 e. The van der Waals surface area contributed by atoms with Crippen LogP contribution in [-0.2, 0) is 11.2 Å². The summed E-state index contributed by atoms with van der Waals surface area (Å²) in [7, 11) is 0. The SMILES string of the molecule is O=CCCc1cc(I)ccc1OC(F)(F)F. The summed E-state index contributed by atoms with van der Waals surface area (Å²) in [6.07, 6.45) is -3.62. The number of aldehydes is 1. The quantitative estimate of drug-likeness (QED) is 0.619. The van der Waals surface area contributed by atoms with Crippen molar-refractivity contribution in [1.29, 1.82) is 0 Å². The third-order valence-electron chi connectivity index (χ3n) is 1.78. The van der Waals surface area contributed by atoms with E-state index in [1.165, 1.54) is 12.1 Å². The van der Waals surface area contributed by atoms with Gasteiger partial charge in [-0.1, -0.05) is 0 Å². The molecule has 88 valence electrons. The van der Waals surface area contributed by atoms with E-state index >= 15 is 0 Å². The predicted octanol–water partition coefficient (Wildman–Crippen LogP) is 3.32. The normalized spacial score (nSPS) is 11.2. The number of benzene rings is 1. The van der Waals surface area contributed by atoms with Crippen LogP contribution in [0.3, 0.4) is 0 Å². The van der Waals surface area contributed by atoms with Crippen molar-refractivity contribution in [2.75, 3.05) is 0 Å². The van der Waals surface area contributed by atoms with Gasteiger partial charge in [0.05, 0.1) is 0 Å². The summed E-state index contributed by atoms with van der Waals surface area (Å²) in [4.78, 5) is 10.2. The van der Waals surface area contributed by atoms with Gasteiger partial charge in [-0.05, 0) is 52.8 Å². The summed E-state index contributed by atoms with van der Waals surface area (Å²) in [6.45, 7) is 0. The highest BCUT2D eigenvalue weighted by Gasteiger charge is 2.31. The van der Waals surface area contributed by atoms with Crippen LogP contribution in [-0.4, -0.2) is 12.6 Å². The molecular weight excluding hydrogens is 336 g/mol. The minimum absolute atomic E-state index is 0.175. The van der Waals surface area contributed by atoms with Crippen molar-refractivity contribution in [3.63, 3.8) is 0 Å². The first kappa shape index (κ1) is 13.3. The van der Waals surface area contributed by atoms with Gasteiger partial charge in [0.25, 0.3) is 0 Å². The molecule has 0 aliphatic rings. The molecule has 1 rings (SSSR count). The molecule has 6 heteroatoms. The highest BCUT2D eigenvalue weighted by atomic mass is 127. The smallest absolute Gasteiger partial charge is 0.406 e. The Balaban J connectivity index is 2.93. The van der Waals surface area contributed by atoms with Gasteiger partial charge in [0.15, 0.2) is 0 Å². The lowest BCUT2D eigenvalue weighted by Gasteiger charge is -2.12. The third kappa shape index (κ3) is 4.38. The second-order valence-corrected chi connectivity index (χ2v) is 4.25. The number of alkyl halides is 3. The van der Waals surface area contributed by atoms with Gasteiger partial charge in [0, 0.05) is 9.99 Å². The molecular formula is C10H8F3IO2. The topological polar surface area (TPSA) is 26.3 Å². The second kappa shape index (κ2) is 5.51. The van der Waals surface area contributed by atoms with Gasteiger partial charge >= 0.3 is 6.36 Å². The van der Waals surface area contributed by atoms with Gasteiger partial charge in [0.1, 0.15) is 12.0 Å². The number of carbonyl (C=O) groups is 1. The van der Waals surface area contributed by atoms with Gasteiger partial charge < -0.3 is 9.53 Å². The van der Waals surface area contributed by atoms with Gasteiger partial charge in [0.2, 0.25) is 0 Å². The average molecular weight is 344 g/mol. The monoisotopic (exact) mass is 344 g/mol. The van der Waals surface area contributed by atoms with Crippen molar-refractivity contribution in [1.82, 2.24) is 0 Å². The molecule has 0 fully saturated rings. The van der Waals surface area contributed by atoms with Crippen LogP contribution in [0.15, 0.2) is 18.2 Å². The standard InChI is InChI=1S/C10H8F3IO2/c11-10(12,13)16-9-4-3-8(14)6-7(9)2-1-5-15/h3-6H,1-2H2. The van der Waals surface area contributed by atoms with E-state index in [1.807, 2.05) is 22.6 Å². The Labute approximate surface area is 104 Å². The maximum atomic E-state index is 12.1. The first-order valence-electron chi connectivity index (χ1n) is 4.40. The number of aryl methyl sites for hydroxylation is 1. The number of hydrogen-bond donors (Lipinski definition) is 0. The first-order chi connectivity index (χ1) is 7.42. The number of carbonyl (C=O) groups excluding carboxylic acids is 1. The zero-order valence-corrected chi connectivity index (χ0v) is 10.2. The maximum Gasteiger partial charge on any atom is 0.573 e. The van der Waals surface area contributed by atoms with E-state index < -0.39 is 6.36 Å². The zero-order chi connectivity index (χ0) is 12.2. The molecule has 0 spiro atoms. The average Bonchev–Trinajstić information content (AvgIpc) is 2.16. The van der Waals surface area contributed by atoms with Gasteiger partial charge in [-0.3, -0.25) is 0 Å². The van der Waals surface area contributed by atoms with E-state index in [9.17, 15) is 18.0 Å². The number of ether oxygens (including phenoxy) is 1. The van der Waals surface area contributed by atoms with E-state index in [-0.39, 0.29) is 18.6 Å². The zero-order valence-electron chi connectivity index (χ0n) is 8.05. The molecule has 0 aliphatic carbocycles. The molecule has 0 saturated heterocycles. The van der Waals surface area contributed by atoms with Crippen molar-refractivity contribution in [3.05, 3.63) is 27.3 Å². The Morgan fingerprint density at radius 1 is 1.38 bits per heavy atom. The Kier molecular flexibility index (Phi) is 4.57. The summed E-state index contributed by atoms with van der Waals surface area (Å²) in [5, 5.41) is 0. The van der Waals surface area contributed by atoms with Crippen LogP contribution >= 0.6 is 22.6 Å². The van der Waals surface area contributed by atoms with E-state index in [1.54, 1.807) is 6.07 Å². The van der Waals surface area contributed by atoms with Crippen LogP contribution in [0, 0.1) is 3.57 Å². The van der Waals surface area contributed by atoms with Crippen molar-refractivity contribution in [2.45, 2.75) is 19.2 Å². The molecule has 1 aromatic carbocycles. The summed E-state index contributed by atoms with van der Waals surface area (Å²) >= 11 is 1.99. The van der Waals surface area contributed by atoms with Gasteiger partial charge in [-0.2, -0.15) is 0 Å². The summed E-state index contributed by atoms with van der Waals surface area (Å²) in [5.41, 5.74) is 0.385. The van der Waals surface area contributed by atoms with Crippen LogP contribution in [0.5, 0.6) is 5.75 Å². The van der Waals surface area contributed by atoms with E-state index in [0.717, 1.165) is 3.57 Å². The Hall–Kier alpha value is -0.790. The second-order valence-electron chi connectivity index (χ2n) is 3.01. The van der Waals surface area contributed by atoms with E-state index in [4.69, 9.17) is 0 Å². The highest BCUT2D eigenvalue weighted by molar-refractivity contribution is 14.1. The Morgan fingerprint density at radius 3 is 2.62 bits per heavy atom. The van der Waals surface area contributed by atoms with Crippen LogP contribution in [0.25, 0.3) is 0 Å². The molecule has 0 N–H and O–H groups in total. The maximum absolute atomic E-state index is 12.1. The number of hydrogen-bond acceptors (Lipinski definition) is 2. The minimum Gasteiger partial charge on any atom is -0.406 e. The molecule has 0 radical (unpaired) electrons. The summed E-state index contributed by atoms with van der Waals surface area (Å²) in [5.74, 6) is -0.241.